The second kappa shape index (κ2) is 8.06. The highest BCUT2D eigenvalue weighted by Gasteiger charge is 2.22. The second-order valence-corrected chi connectivity index (χ2v) is 6.23. The van der Waals surface area contributed by atoms with Gasteiger partial charge in [-0.25, -0.2) is 4.39 Å². The molecule has 0 radical (unpaired) electrons. The molecule has 25 heavy (non-hydrogen) atoms. The average molecular weight is 335 g/mol. The second-order valence-electron chi connectivity index (χ2n) is 6.23. The van der Waals surface area contributed by atoms with E-state index in [9.17, 15) is 9.50 Å². The van der Waals surface area contributed by atoms with Gasteiger partial charge in [0.1, 0.15) is 5.82 Å². The lowest BCUT2D eigenvalue weighted by atomic mass is 9.96. The van der Waals surface area contributed by atoms with Gasteiger partial charge in [-0.3, -0.25) is 4.90 Å². The summed E-state index contributed by atoms with van der Waals surface area (Å²) in [5, 5.41) is 10.6. The van der Waals surface area contributed by atoms with Gasteiger partial charge < -0.3 is 5.11 Å². The Morgan fingerprint density at radius 2 is 1.24 bits per heavy atom. The van der Waals surface area contributed by atoms with Gasteiger partial charge in [0.15, 0.2) is 0 Å². The van der Waals surface area contributed by atoms with Crippen LogP contribution in [0.15, 0.2) is 84.9 Å². The Morgan fingerprint density at radius 1 is 0.760 bits per heavy atom. The molecule has 2 atom stereocenters. The Morgan fingerprint density at radius 3 is 1.80 bits per heavy atom. The summed E-state index contributed by atoms with van der Waals surface area (Å²) in [6.07, 6.45) is -0.585. The molecule has 3 rings (SSSR count). The Hall–Kier alpha value is -2.49. The van der Waals surface area contributed by atoms with Crippen LogP contribution in [-0.4, -0.2) is 23.6 Å². The van der Waals surface area contributed by atoms with Crippen molar-refractivity contribution in [3.05, 3.63) is 107 Å². The average Bonchev–Trinajstić information content (AvgIpc) is 2.65. The Kier molecular flexibility index (Phi) is 5.59. The summed E-state index contributed by atoms with van der Waals surface area (Å²) in [4.78, 5) is 2.10. The monoisotopic (exact) mass is 335 g/mol. The van der Waals surface area contributed by atoms with Crippen LogP contribution >= 0.6 is 0 Å². The summed E-state index contributed by atoms with van der Waals surface area (Å²) in [5.41, 5.74) is 2.99. The van der Waals surface area contributed by atoms with Crippen LogP contribution in [0.4, 0.5) is 4.39 Å². The number of aliphatic hydroxyl groups is 1. The first kappa shape index (κ1) is 17.3. The van der Waals surface area contributed by atoms with Crippen molar-refractivity contribution < 1.29 is 9.50 Å². The van der Waals surface area contributed by atoms with E-state index in [1.54, 1.807) is 12.1 Å². The maximum atomic E-state index is 13.3. The van der Waals surface area contributed by atoms with Crippen molar-refractivity contribution >= 4 is 0 Å². The van der Waals surface area contributed by atoms with Crippen molar-refractivity contribution in [1.82, 2.24) is 4.90 Å². The Bertz CT molecular complexity index is 774. The lowest BCUT2D eigenvalue weighted by Gasteiger charge is -2.31. The van der Waals surface area contributed by atoms with Crippen molar-refractivity contribution in [2.24, 2.45) is 0 Å². The van der Waals surface area contributed by atoms with Gasteiger partial charge in [0.25, 0.3) is 0 Å². The molecule has 0 aliphatic heterocycles. The maximum Gasteiger partial charge on any atom is 0.123 e. The molecule has 0 amide bonds. The Balaban J connectivity index is 1.87. The van der Waals surface area contributed by atoms with Crippen LogP contribution in [0.25, 0.3) is 0 Å². The number of benzene rings is 3. The number of aliphatic hydroxyl groups excluding tert-OH is 1. The quantitative estimate of drug-likeness (QED) is 0.713. The van der Waals surface area contributed by atoms with E-state index in [0.717, 1.165) is 16.7 Å². The van der Waals surface area contributed by atoms with Crippen molar-refractivity contribution in [2.45, 2.75) is 12.1 Å². The van der Waals surface area contributed by atoms with Gasteiger partial charge in [0.2, 0.25) is 0 Å². The van der Waals surface area contributed by atoms with Crippen molar-refractivity contribution in [2.75, 3.05) is 13.6 Å². The number of nitrogens with zero attached hydrogens (tertiary/aromatic N) is 1. The third-order valence-electron chi connectivity index (χ3n) is 4.39. The first-order chi connectivity index (χ1) is 12.1. The molecule has 0 unspecified atom stereocenters. The number of rotatable bonds is 6. The van der Waals surface area contributed by atoms with Gasteiger partial charge in [0.05, 0.1) is 12.1 Å². The minimum Gasteiger partial charge on any atom is -0.387 e. The van der Waals surface area contributed by atoms with E-state index in [0.29, 0.717) is 6.54 Å². The molecule has 128 valence electrons. The van der Waals surface area contributed by atoms with Crippen LogP contribution < -0.4 is 0 Å². The topological polar surface area (TPSA) is 23.5 Å². The van der Waals surface area contributed by atoms with Crippen LogP contribution in [0.5, 0.6) is 0 Å². The predicted molar refractivity (Wildman–Crippen MR) is 98.7 cm³/mol. The molecule has 3 heteroatoms. The van der Waals surface area contributed by atoms with Gasteiger partial charge in [0, 0.05) is 6.54 Å². The minimum atomic E-state index is -0.585. The zero-order valence-electron chi connectivity index (χ0n) is 14.2. The normalized spacial score (nSPS) is 13.6. The van der Waals surface area contributed by atoms with Crippen molar-refractivity contribution in [3.63, 3.8) is 0 Å². The highest BCUT2D eigenvalue weighted by atomic mass is 19.1. The third-order valence-corrected chi connectivity index (χ3v) is 4.39. The maximum absolute atomic E-state index is 13.3. The summed E-state index contributed by atoms with van der Waals surface area (Å²) in [5.74, 6) is -0.248. The number of halogens is 1. The van der Waals surface area contributed by atoms with E-state index >= 15 is 0 Å². The highest BCUT2D eigenvalue weighted by Crippen LogP contribution is 2.29. The molecule has 0 saturated carbocycles. The van der Waals surface area contributed by atoms with E-state index in [1.165, 1.54) is 12.1 Å². The molecule has 0 heterocycles. The fraction of sp³-hybridized carbons (Fsp3) is 0.182. The lowest BCUT2D eigenvalue weighted by Crippen LogP contribution is -2.30. The minimum absolute atomic E-state index is 0.0554. The highest BCUT2D eigenvalue weighted by molar-refractivity contribution is 5.32. The molecule has 3 aromatic carbocycles. The number of hydrogen-bond acceptors (Lipinski definition) is 2. The zero-order chi connectivity index (χ0) is 17.6. The SMILES string of the molecule is CN(C[C@@H](O)c1ccccc1)[C@@H](c1ccccc1)c1ccc(F)cc1. The van der Waals surface area contributed by atoms with Crippen molar-refractivity contribution in [1.29, 1.82) is 0 Å². The van der Waals surface area contributed by atoms with Crippen LogP contribution in [-0.2, 0) is 0 Å². The molecule has 0 fully saturated rings. The van der Waals surface area contributed by atoms with E-state index in [4.69, 9.17) is 0 Å². The summed E-state index contributed by atoms with van der Waals surface area (Å²) >= 11 is 0. The van der Waals surface area contributed by atoms with Crippen LogP contribution in [0, 0.1) is 5.82 Å². The van der Waals surface area contributed by atoms with Crippen LogP contribution in [0.2, 0.25) is 0 Å². The molecule has 0 spiro atoms. The van der Waals surface area contributed by atoms with Crippen LogP contribution in [0.1, 0.15) is 28.8 Å². The molecule has 0 aliphatic carbocycles. The smallest absolute Gasteiger partial charge is 0.123 e. The summed E-state index contributed by atoms with van der Waals surface area (Å²) in [7, 11) is 1.98. The lowest BCUT2D eigenvalue weighted by molar-refractivity contribution is 0.113. The largest absolute Gasteiger partial charge is 0.387 e. The van der Waals surface area contributed by atoms with Gasteiger partial charge >= 0.3 is 0 Å². The van der Waals surface area contributed by atoms with Gasteiger partial charge in [-0.05, 0) is 35.9 Å². The summed E-state index contributed by atoms with van der Waals surface area (Å²) in [6, 6.07) is 26.2. The van der Waals surface area contributed by atoms with Gasteiger partial charge in [-0.15, -0.1) is 0 Å². The molecule has 0 saturated heterocycles. The van der Waals surface area contributed by atoms with Gasteiger partial charge in [-0.2, -0.15) is 0 Å². The van der Waals surface area contributed by atoms with Gasteiger partial charge in [-0.1, -0.05) is 72.8 Å². The van der Waals surface area contributed by atoms with E-state index < -0.39 is 6.10 Å². The standard InChI is InChI=1S/C22H22FNO/c1-24(16-21(25)17-8-4-2-5-9-17)22(18-10-6-3-7-11-18)19-12-14-20(23)15-13-19/h2-15,21-22,25H,16H2,1H3/t21-,22+/m1/s1. The summed E-state index contributed by atoms with van der Waals surface area (Å²) < 4.78 is 13.3. The first-order valence-corrected chi connectivity index (χ1v) is 8.39. The van der Waals surface area contributed by atoms with E-state index in [-0.39, 0.29) is 11.9 Å². The Labute approximate surface area is 148 Å². The zero-order valence-corrected chi connectivity index (χ0v) is 14.2. The number of hydrogen-bond donors (Lipinski definition) is 1. The molecule has 3 aromatic rings. The molecule has 0 aromatic heterocycles. The van der Waals surface area contributed by atoms with E-state index in [2.05, 4.69) is 17.0 Å². The van der Waals surface area contributed by atoms with Crippen molar-refractivity contribution in [3.8, 4) is 0 Å². The third kappa shape index (κ3) is 4.32. The number of likely N-dealkylation sites (N-methyl/N-ethyl adjacent to an activating group) is 1. The molecule has 0 aliphatic rings. The molecular formula is C22H22FNO. The molecule has 2 nitrogen and oxygen atoms in total. The first-order valence-electron chi connectivity index (χ1n) is 8.39. The fourth-order valence-corrected chi connectivity index (χ4v) is 3.14. The fourth-order valence-electron chi connectivity index (χ4n) is 3.14. The molecule has 0 bridgehead atoms. The summed E-state index contributed by atoms with van der Waals surface area (Å²) in [6.45, 7) is 0.473. The molecule has 1 N–H and O–H groups in total. The predicted octanol–water partition coefficient (Wildman–Crippen LogP) is 4.58. The van der Waals surface area contributed by atoms with E-state index in [1.807, 2.05) is 55.6 Å². The van der Waals surface area contributed by atoms with Crippen LogP contribution in [0.3, 0.4) is 0 Å². The molecular weight excluding hydrogens is 313 g/mol.